The Morgan fingerprint density at radius 1 is 0.923 bits per heavy atom. The van der Waals surface area contributed by atoms with Crippen LogP contribution in [0.1, 0.15) is 38.3 Å². The lowest BCUT2D eigenvalue weighted by molar-refractivity contribution is -0.139. The van der Waals surface area contributed by atoms with Crippen molar-refractivity contribution in [3.63, 3.8) is 0 Å². The van der Waals surface area contributed by atoms with Crippen LogP contribution in [-0.2, 0) is 32.6 Å². The molecular formula is C29H33Cl2N3O4S. The zero-order valence-corrected chi connectivity index (χ0v) is 24.6. The molecule has 0 saturated carbocycles. The minimum Gasteiger partial charge on any atom is -0.354 e. The fraction of sp³-hybridized carbons (Fsp3) is 0.310. The lowest BCUT2D eigenvalue weighted by atomic mass is 10.1. The third kappa shape index (κ3) is 7.53. The van der Waals surface area contributed by atoms with Crippen LogP contribution in [-0.4, -0.2) is 44.3 Å². The van der Waals surface area contributed by atoms with Crippen molar-refractivity contribution in [2.45, 2.75) is 51.1 Å². The number of nitrogens with one attached hydrogen (secondary N) is 1. The van der Waals surface area contributed by atoms with Crippen LogP contribution < -0.4 is 9.62 Å². The first-order valence-electron chi connectivity index (χ1n) is 12.8. The van der Waals surface area contributed by atoms with Crippen LogP contribution in [0.5, 0.6) is 0 Å². The van der Waals surface area contributed by atoms with Crippen LogP contribution >= 0.6 is 23.2 Å². The Morgan fingerprint density at radius 2 is 1.59 bits per heavy atom. The molecule has 1 atom stereocenters. The summed E-state index contributed by atoms with van der Waals surface area (Å²) in [5.74, 6) is -0.873. The van der Waals surface area contributed by atoms with E-state index in [0.717, 1.165) is 16.3 Å². The molecule has 0 fully saturated rings. The Labute approximate surface area is 240 Å². The standard InChI is InChI=1S/C29H33Cl2N3O4S/c1-4-17-32-29(36)21(3)33(19-22-15-16-25(30)26(31)18-22)28(35)20-34(27-14-10-9-11-23(27)5-2)39(37,38)24-12-7-6-8-13-24/h6-16,18,21H,4-5,17,19-20H2,1-3H3,(H,32,36). The molecule has 0 saturated heterocycles. The largest absolute Gasteiger partial charge is 0.354 e. The first-order valence-corrected chi connectivity index (χ1v) is 15.0. The fourth-order valence-electron chi connectivity index (χ4n) is 4.10. The van der Waals surface area contributed by atoms with Crippen LogP contribution in [0.4, 0.5) is 5.69 Å². The molecule has 0 spiro atoms. The van der Waals surface area contributed by atoms with Crippen LogP contribution in [0.3, 0.4) is 0 Å². The van der Waals surface area contributed by atoms with Crippen molar-refractivity contribution in [3.05, 3.63) is 94.0 Å². The summed E-state index contributed by atoms with van der Waals surface area (Å²) in [5, 5.41) is 3.50. The summed E-state index contributed by atoms with van der Waals surface area (Å²) >= 11 is 12.3. The van der Waals surface area contributed by atoms with Crippen molar-refractivity contribution in [2.24, 2.45) is 0 Å². The molecule has 0 radical (unpaired) electrons. The Balaban J connectivity index is 2.05. The SMILES string of the molecule is CCCNC(=O)C(C)N(Cc1ccc(Cl)c(Cl)c1)C(=O)CN(c1ccccc1CC)S(=O)(=O)c1ccccc1. The van der Waals surface area contributed by atoms with E-state index >= 15 is 0 Å². The van der Waals surface area contributed by atoms with Gasteiger partial charge in [0.05, 0.1) is 20.6 Å². The van der Waals surface area contributed by atoms with Gasteiger partial charge in [0.2, 0.25) is 11.8 Å². The summed E-state index contributed by atoms with van der Waals surface area (Å²) < 4.78 is 28.9. The van der Waals surface area contributed by atoms with Gasteiger partial charge in [-0.1, -0.05) is 79.5 Å². The number of sulfonamides is 1. The summed E-state index contributed by atoms with van der Waals surface area (Å²) in [4.78, 5) is 28.3. The number of para-hydroxylation sites is 1. The molecule has 7 nitrogen and oxygen atoms in total. The summed E-state index contributed by atoms with van der Waals surface area (Å²) in [6, 6.07) is 19.2. The minimum absolute atomic E-state index is 0.0328. The molecule has 3 rings (SSSR count). The van der Waals surface area contributed by atoms with Gasteiger partial charge in [0, 0.05) is 13.1 Å². The third-order valence-electron chi connectivity index (χ3n) is 6.30. The summed E-state index contributed by atoms with van der Waals surface area (Å²) in [6.07, 6.45) is 1.30. The van der Waals surface area contributed by atoms with Crippen molar-refractivity contribution in [3.8, 4) is 0 Å². The molecule has 39 heavy (non-hydrogen) atoms. The van der Waals surface area contributed by atoms with E-state index in [1.165, 1.54) is 17.0 Å². The molecule has 10 heteroatoms. The van der Waals surface area contributed by atoms with Gasteiger partial charge in [-0.15, -0.1) is 0 Å². The predicted molar refractivity (Wildman–Crippen MR) is 157 cm³/mol. The molecule has 0 heterocycles. The number of amides is 2. The zero-order chi connectivity index (χ0) is 28.6. The van der Waals surface area contributed by atoms with E-state index < -0.39 is 28.5 Å². The van der Waals surface area contributed by atoms with Crippen LogP contribution in [0, 0.1) is 0 Å². The normalized spacial score (nSPS) is 12.0. The van der Waals surface area contributed by atoms with E-state index in [4.69, 9.17) is 23.2 Å². The molecule has 3 aromatic rings. The second-order valence-corrected chi connectivity index (χ2v) is 11.7. The van der Waals surface area contributed by atoms with Crippen LogP contribution in [0.15, 0.2) is 77.7 Å². The molecule has 0 aromatic heterocycles. The molecule has 1 unspecified atom stereocenters. The maximum absolute atomic E-state index is 14.0. The molecule has 208 valence electrons. The quantitative estimate of drug-likeness (QED) is 0.294. The lowest BCUT2D eigenvalue weighted by Gasteiger charge is -2.32. The number of halogens is 2. The molecule has 1 N–H and O–H groups in total. The molecule has 0 aliphatic heterocycles. The number of carbonyl (C=O) groups excluding carboxylic acids is 2. The van der Waals surface area contributed by atoms with Gasteiger partial charge in [0.25, 0.3) is 10.0 Å². The number of anilines is 1. The van der Waals surface area contributed by atoms with E-state index in [2.05, 4.69) is 5.32 Å². The second-order valence-electron chi connectivity index (χ2n) is 9.04. The Bertz CT molecular complexity index is 1400. The Hall–Kier alpha value is -3.07. The number of hydrogen-bond donors (Lipinski definition) is 1. The Kier molecular flexibility index (Phi) is 10.8. The van der Waals surface area contributed by atoms with Gasteiger partial charge >= 0.3 is 0 Å². The second kappa shape index (κ2) is 13.8. The molecule has 0 aliphatic rings. The maximum Gasteiger partial charge on any atom is 0.264 e. The van der Waals surface area contributed by atoms with E-state index in [9.17, 15) is 18.0 Å². The van der Waals surface area contributed by atoms with E-state index in [0.29, 0.717) is 34.3 Å². The summed E-state index contributed by atoms with van der Waals surface area (Å²) in [6.45, 7) is 5.46. The highest BCUT2D eigenvalue weighted by molar-refractivity contribution is 7.92. The molecule has 3 aromatic carbocycles. The number of carbonyl (C=O) groups is 2. The number of rotatable bonds is 12. The highest BCUT2D eigenvalue weighted by Gasteiger charge is 2.33. The maximum atomic E-state index is 14.0. The van der Waals surface area contributed by atoms with E-state index in [-0.39, 0.29) is 17.3 Å². The highest BCUT2D eigenvalue weighted by Crippen LogP contribution is 2.29. The third-order valence-corrected chi connectivity index (χ3v) is 8.82. The highest BCUT2D eigenvalue weighted by atomic mass is 35.5. The number of benzene rings is 3. The first-order chi connectivity index (χ1) is 18.6. The molecule has 2 amide bonds. The van der Waals surface area contributed by atoms with Crippen molar-refractivity contribution in [1.29, 1.82) is 0 Å². The molecule has 0 bridgehead atoms. The van der Waals surface area contributed by atoms with Gasteiger partial charge in [-0.05, 0) is 61.2 Å². The summed E-state index contributed by atoms with van der Waals surface area (Å²) in [7, 11) is -4.11. The zero-order valence-electron chi connectivity index (χ0n) is 22.2. The van der Waals surface area contributed by atoms with Crippen molar-refractivity contribution < 1.29 is 18.0 Å². The van der Waals surface area contributed by atoms with Gasteiger partial charge in [-0.3, -0.25) is 13.9 Å². The van der Waals surface area contributed by atoms with E-state index in [1.54, 1.807) is 55.5 Å². The van der Waals surface area contributed by atoms with E-state index in [1.807, 2.05) is 26.0 Å². The number of hydrogen-bond acceptors (Lipinski definition) is 4. The van der Waals surface area contributed by atoms with Gasteiger partial charge in [-0.2, -0.15) is 0 Å². The Morgan fingerprint density at radius 3 is 2.23 bits per heavy atom. The average molecular weight is 591 g/mol. The number of nitrogens with zero attached hydrogens (tertiary/aromatic N) is 2. The molecule has 0 aliphatic carbocycles. The van der Waals surface area contributed by atoms with Crippen molar-refractivity contribution >= 4 is 50.7 Å². The van der Waals surface area contributed by atoms with Gasteiger partial charge in [-0.25, -0.2) is 8.42 Å². The minimum atomic E-state index is -4.11. The van der Waals surface area contributed by atoms with Crippen LogP contribution in [0.2, 0.25) is 10.0 Å². The molecular weight excluding hydrogens is 557 g/mol. The summed E-state index contributed by atoms with van der Waals surface area (Å²) in [5.41, 5.74) is 1.84. The average Bonchev–Trinajstić information content (AvgIpc) is 2.95. The lowest BCUT2D eigenvalue weighted by Crippen LogP contribution is -2.51. The van der Waals surface area contributed by atoms with Gasteiger partial charge < -0.3 is 10.2 Å². The monoisotopic (exact) mass is 589 g/mol. The van der Waals surface area contributed by atoms with Gasteiger partial charge in [0.1, 0.15) is 12.6 Å². The predicted octanol–water partition coefficient (Wildman–Crippen LogP) is 5.69. The fourth-order valence-corrected chi connectivity index (χ4v) is 5.89. The van der Waals surface area contributed by atoms with Crippen molar-refractivity contribution in [2.75, 3.05) is 17.4 Å². The van der Waals surface area contributed by atoms with Gasteiger partial charge in [0.15, 0.2) is 0 Å². The topological polar surface area (TPSA) is 86.8 Å². The number of aryl methyl sites for hydroxylation is 1. The first kappa shape index (κ1) is 30.5. The van der Waals surface area contributed by atoms with Crippen LogP contribution in [0.25, 0.3) is 0 Å². The van der Waals surface area contributed by atoms with Crippen molar-refractivity contribution in [1.82, 2.24) is 10.2 Å². The smallest absolute Gasteiger partial charge is 0.264 e.